The van der Waals surface area contributed by atoms with Gasteiger partial charge in [-0.2, -0.15) is 0 Å². The van der Waals surface area contributed by atoms with Crippen molar-refractivity contribution in [1.82, 2.24) is 0 Å². The topological polar surface area (TPSA) is 74.3 Å². The van der Waals surface area contributed by atoms with Crippen molar-refractivity contribution in [1.29, 1.82) is 0 Å². The molecule has 1 heterocycles. The Bertz CT molecular complexity index is 227. The molecule has 0 bridgehead atoms. The lowest BCUT2D eigenvalue weighted by Gasteiger charge is -2.40. The lowest BCUT2D eigenvalue weighted by atomic mass is 9.85. The van der Waals surface area contributed by atoms with E-state index in [0.717, 1.165) is 0 Å². The fourth-order valence-corrected chi connectivity index (χ4v) is 1.40. The summed E-state index contributed by atoms with van der Waals surface area (Å²) in [6.45, 7) is 7.91. The van der Waals surface area contributed by atoms with Crippen molar-refractivity contribution in [3.63, 3.8) is 0 Å². The molecule has 0 spiro atoms. The zero-order chi connectivity index (χ0) is 10.1. The molecule has 1 aliphatic heterocycles. The Hall–Kier alpha value is -0.670. The van der Waals surface area contributed by atoms with Crippen LogP contribution in [0.2, 0.25) is 0 Å². The number of aliphatic hydroxyl groups is 3. The van der Waals surface area contributed by atoms with Crippen molar-refractivity contribution in [2.45, 2.75) is 30.8 Å². The molecule has 0 aromatic heterocycles. The van der Waals surface area contributed by atoms with Crippen LogP contribution in [0.4, 0.5) is 0 Å². The highest BCUT2D eigenvalue weighted by atomic mass is 16.5. The number of ether oxygens (including phenoxy) is 1. The fraction of sp³-hybridized carbons (Fsp3) is 0.875. The number of aliphatic hydroxyl groups excluding tert-OH is 2. The molecule has 0 aromatic carbocycles. The molecule has 0 aliphatic carbocycles. The molecule has 0 saturated carbocycles. The van der Waals surface area contributed by atoms with Gasteiger partial charge in [-0.15, -0.1) is 0 Å². The molecule has 0 radical (unpaired) electrons. The average Bonchev–Trinajstić information content (AvgIpc) is 2.10. The van der Waals surface area contributed by atoms with Gasteiger partial charge in [-0.3, -0.25) is 0 Å². The van der Waals surface area contributed by atoms with E-state index in [0.29, 0.717) is 0 Å². The minimum atomic E-state index is -1.65. The largest absolute Gasteiger partial charge is 0.388 e. The lowest BCUT2D eigenvalue weighted by Crippen LogP contribution is -2.63. The molecule has 5 nitrogen and oxygen atoms in total. The third kappa shape index (κ3) is 1.67. The van der Waals surface area contributed by atoms with Gasteiger partial charge in [0.25, 0.3) is 0 Å². The van der Waals surface area contributed by atoms with E-state index in [2.05, 4.69) is 4.85 Å². The lowest BCUT2D eigenvalue weighted by molar-refractivity contribution is -0.230. The first-order valence-electron chi connectivity index (χ1n) is 4.05. The van der Waals surface area contributed by atoms with Crippen LogP contribution in [-0.4, -0.2) is 52.4 Å². The second-order valence-electron chi connectivity index (χ2n) is 3.30. The van der Waals surface area contributed by atoms with Crippen molar-refractivity contribution < 1.29 is 20.1 Å². The van der Waals surface area contributed by atoms with E-state index in [9.17, 15) is 15.3 Å². The Morgan fingerprint density at radius 2 is 2.23 bits per heavy atom. The van der Waals surface area contributed by atoms with Crippen LogP contribution in [0.1, 0.15) is 6.92 Å². The van der Waals surface area contributed by atoms with E-state index >= 15 is 0 Å². The van der Waals surface area contributed by atoms with Crippen LogP contribution in [-0.2, 0) is 4.74 Å². The predicted octanol–water partition coefficient (Wildman–Crippen LogP) is -1.22. The van der Waals surface area contributed by atoms with Gasteiger partial charge < -0.3 is 24.9 Å². The predicted molar refractivity (Wildman–Crippen MR) is 43.8 cm³/mol. The molecule has 1 saturated heterocycles. The number of hydrogen-bond donors (Lipinski definition) is 3. The number of nitrogens with zero attached hydrogens (tertiary/aromatic N) is 1. The van der Waals surface area contributed by atoms with Gasteiger partial charge in [0.05, 0.1) is 12.7 Å². The van der Waals surface area contributed by atoms with E-state index in [1.165, 1.54) is 0 Å². The van der Waals surface area contributed by atoms with Crippen molar-refractivity contribution >= 4 is 0 Å². The van der Waals surface area contributed by atoms with E-state index < -0.39 is 23.9 Å². The third-order valence-corrected chi connectivity index (χ3v) is 2.43. The first-order chi connectivity index (χ1) is 6.02. The maximum absolute atomic E-state index is 9.83. The normalized spacial score (nSPS) is 45.6. The highest BCUT2D eigenvalue weighted by Gasteiger charge is 2.51. The zero-order valence-electron chi connectivity index (χ0n) is 7.34. The van der Waals surface area contributed by atoms with Gasteiger partial charge in [0.2, 0.25) is 6.54 Å². The summed E-state index contributed by atoms with van der Waals surface area (Å²) in [5.74, 6) is 0. The van der Waals surface area contributed by atoms with Gasteiger partial charge in [-0.05, 0) is 6.92 Å². The molecule has 74 valence electrons. The molecule has 1 aliphatic rings. The standard InChI is InChI=1S/C8H13NO4/c1-5-8(12,4-9-2)7(11)6(10)3-13-5/h5-7,10-12H,3-4H2,1H3/t5?,6?,7-,8-/m1/s1. The number of rotatable bonds is 1. The Balaban J connectivity index is 2.83. The first kappa shape index (κ1) is 10.4. The summed E-state index contributed by atoms with van der Waals surface area (Å²) in [7, 11) is 0. The smallest absolute Gasteiger partial charge is 0.248 e. The van der Waals surface area contributed by atoms with Crippen LogP contribution in [0.5, 0.6) is 0 Å². The van der Waals surface area contributed by atoms with Crippen LogP contribution in [0.15, 0.2) is 0 Å². The summed E-state index contributed by atoms with van der Waals surface area (Å²) in [5, 5.41) is 28.5. The maximum Gasteiger partial charge on any atom is 0.248 e. The highest BCUT2D eigenvalue weighted by Crippen LogP contribution is 2.26. The summed E-state index contributed by atoms with van der Waals surface area (Å²) in [4.78, 5) is 3.02. The Labute approximate surface area is 76.4 Å². The zero-order valence-corrected chi connectivity index (χ0v) is 7.34. The van der Waals surface area contributed by atoms with Gasteiger partial charge in [-0.1, -0.05) is 0 Å². The van der Waals surface area contributed by atoms with Gasteiger partial charge >= 0.3 is 0 Å². The van der Waals surface area contributed by atoms with Crippen LogP contribution in [0, 0.1) is 6.57 Å². The molecule has 13 heavy (non-hydrogen) atoms. The SMILES string of the molecule is [C-]#[N+]C[C@@]1(O)C(C)OCC(O)[C@H]1O. The van der Waals surface area contributed by atoms with E-state index in [-0.39, 0.29) is 13.2 Å². The molecule has 1 fully saturated rings. The van der Waals surface area contributed by atoms with Crippen molar-refractivity contribution in [3.8, 4) is 0 Å². The molecular formula is C8H13NO4. The van der Waals surface area contributed by atoms with Crippen LogP contribution in [0.25, 0.3) is 4.85 Å². The summed E-state index contributed by atoms with van der Waals surface area (Å²) < 4.78 is 5.03. The van der Waals surface area contributed by atoms with Gasteiger partial charge in [0.1, 0.15) is 12.2 Å². The maximum atomic E-state index is 9.83. The molecule has 4 atom stereocenters. The van der Waals surface area contributed by atoms with Gasteiger partial charge in [0, 0.05) is 0 Å². The molecule has 0 aromatic rings. The van der Waals surface area contributed by atoms with Crippen LogP contribution >= 0.6 is 0 Å². The highest BCUT2D eigenvalue weighted by molar-refractivity contribution is 5.02. The van der Waals surface area contributed by atoms with Gasteiger partial charge in [-0.25, -0.2) is 6.57 Å². The molecule has 2 unspecified atom stereocenters. The average molecular weight is 187 g/mol. The third-order valence-electron chi connectivity index (χ3n) is 2.43. The van der Waals surface area contributed by atoms with Crippen molar-refractivity contribution in [3.05, 3.63) is 11.4 Å². The second kappa shape index (κ2) is 3.60. The van der Waals surface area contributed by atoms with Crippen molar-refractivity contribution in [2.24, 2.45) is 0 Å². The summed E-state index contributed by atoms with van der Waals surface area (Å²) in [6.07, 6.45) is -3.08. The quantitative estimate of drug-likeness (QED) is 0.450. The molecule has 5 heteroatoms. The monoisotopic (exact) mass is 187 g/mol. The molecular weight excluding hydrogens is 174 g/mol. The van der Waals surface area contributed by atoms with E-state index in [1.54, 1.807) is 6.92 Å². The Kier molecular flexibility index (Phi) is 2.88. The molecule has 0 amide bonds. The number of hydrogen-bond acceptors (Lipinski definition) is 4. The minimum Gasteiger partial charge on any atom is -0.388 e. The van der Waals surface area contributed by atoms with Gasteiger partial charge in [0.15, 0.2) is 5.60 Å². The molecule has 3 N–H and O–H groups in total. The molecule has 1 rings (SSSR count). The summed E-state index contributed by atoms with van der Waals surface area (Å²) >= 11 is 0. The fourth-order valence-electron chi connectivity index (χ4n) is 1.40. The van der Waals surface area contributed by atoms with E-state index in [1.807, 2.05) is 0 Å². The van der Waals surface area contributed by atoms with Crippen molar-refractivity contribution in [2.75, 3.05) is 13.2 Å². The minimum absolute atomic E-state index is 0.0113. The summed E-state index contributed by atoms with van der Waals surface area (Å²) in [5.41, 5.74) is -1.65. The summed E-state index contributed by atoms with van der Waals surface area (Å²) in [6, 6.07) is 0. The second-order valence-corrected chi connectivity index (χ2v) is 3.30. The van der Waals surface area contributed by atoms with E-state index in [4.69, 9.17) is 11.3 Å². The first-order valence-corrected chi connectivity index (χ1v) is 4.05. The Morgan fingerprint density at radius 3 is 2.77 bits per heavy atom. The van der Waals surface area contributed by atoms with Crippen LogP contribution < -0.4 is 0 Å². The van der Waals surface area contributed by atoms with Crippen LogP contribution in [0.3, 0.4) is 0 Å². The Morgan fingerprint density at radius 1 is 1.62 bits per heavy atom.